The molecule has 0 saturated carbocycles. The number of carbonyl (C=O) groups excluding carboxylic acids is 1. The molecule has 112 valence electrons. The van der Waals surface area contributed by atoms with Gasteiger partial charge in [-0.25, -0.2) is 0 Å². The third-order valence-corrected chi connectivity index (χ3v) is 3.74. The van der Waals surface area contributed by atoms with Crippen LogP contribution in [-0.4, -0.2) is 15.6 Å². The number of para-hydroxylation sites is 1. The van der Waals surface area contributed by atoms with Crippen molar-refractivity contribution in [1.29, 1.82) is 0 Å². The number of phenols is 1. The molecule has 0 radical (unpaired) electrons. The first-order chi connectivity index (χ1) is 10.6. The molecule has 1 heterocycles. The molecular formula is C18H18N2O2. The van der Waals surface area contributed by atoms with Crippen molar-refractivity contribution in [3.63, 3.8) is 0 Å². The third kappa shape index (κ3) is 2.96. The van der Waals surface area contributed by atoms with Crippen LogP contribution in [0.1, 0.15) is 12.0 Å². The molecule has 0 unspecified atom stereocenters. The summed E-state index contributed by atoms with van der Waals surface area (Å²) in [4.78, 5) is 12.1. The molecule has 0 bridgehead atoms. The highest BCUT2D eigenvalue weighted by Crippen LogP contribution is 2.20. The summed E-state index contributed by atoms with van der Waals surface area (Å²) in [6, 6.07) is 15.1. The molecule has 22 heavy (non-hydrogen) atoms. The molecule has 0 atom stereocenters. The fraction of sp³-hybridized carbons (Fsp3) is 0.167. The van der Waals surface area contributed by atoms with Crippen molar-refractivity contribution in [2.75, 3.05) is 5.32 Å². The number of phenolic OH excluding ortho intramolecular Hbond substituents is 1. The quantitative estimate of drug-likeness (QED) is 0.721. The lowest BCUT2D eigenvalue weighted by Gasteiger charge is -2.09. The summed E-state index contributed by atoms with van der Waals surface area (Å²) in [5, 5.41) is 13.4. The lowest BCUT2D eigenvalue weighted by Crippen LogP contribution is -2.14. The number of nitrogens with zero attached hydrogens (tertiary/aromatic N) is 1. The Hall–Kier alpha value is -2.75. The molecule has 1 amide bonds. The van der Waals surface area contributed by atoms with Gasteiger partial charge in [-0.15, -0.1) is 0 Å². The number of benzene rings is 2. The summed E-state index contributed by atoms with van der Waals surface area (Å²) >= 11 is 0. The van der Waals surface area contributed by atoms with E-state index in [1.165, 1.54) is 5.39 Å². The van der Waals surface area contributed by atoms with Crippen molar-refractivity contribution in [3.05, 3.63) is 60.3 Å². The van der Waals surface area contributed by atoms with E-state index < -0.39 is 0 Å². The Kier molecular flexibility index (Phi) is 3.83. The fourth-order valence-corrected chi connectivity index (χ4v) is 2.56. The number of rotatable bonds is 4. The molecule has 4 nitrogen and oxygen atoms in total. The van der Waals surface area contributed by atoms with Gasteiger partial charge in [0.05, 0.1) is 0 Å². The monoisotopic (exact) mass is 294 g/mol. The Labute approximate surface area is 129 Å². The topological polar surface area (TPSA) is 54.3 Å². The van der Waals surface area contributed by atoms with Crippen molar-refractivity contribution < 1.29 is 9.90 Å². The van der Waals surface area contributed by atoms with Crippen LogP contribution in [0, 0.1) is 6.92 Å². The van der Waals surface area contributed by atoms with E-state index in [2.05, 4.69) is 28.1 Å². The summed E-state index contributed by atoms with van der Waals surface area (Å²) in [5.41, 5.74) is 2.72. The van der Waals surface area contributed by atoms with Crippen molar-refractivity contribution >= 4 is 22.5 Å². The summed E-state index contributed by atoms with van der Waals surface area (Å²) < 4.78 is 2.08. The highest BCUT2D eigenvalue weighted by atomic mass is 16.3. The van der Waals surface area contributed by atoms with E-state index in [4.69, 9.17) is 0 Å². The van der Waals surface area contributed by atoms with Crippen molar-refractivity contribution in [2.24, 2.45) is 0 Å². The predicted octanol–water partition coefficient (Wildman–Crippen LogP) is 3.68. The summed E-state index contributed by atoms with van der Waals surface area (Å²) in [6.07, 6.45) is 2.41. The van der Waals surface area contributed by atoms with Gasteiger partial charge in [0.15, 0.2) is 0 Å². The summed E-state index contributed by atoms with van der Waals surface area (Å²) in [5.74, 6) is 0.167. The number of aryl methyl sites for hydroxylation is 2. The largest absolute Gasteiger partial charge is 0.508 e. The summed E-state index contributed by atoms with van der Waals surface area (Å²) in [6.45, 7) is 2.49. The van der Waals surface area contributed by atoms with Gasteiger partial charge in [0.1, 0.15) is 5.75 Å². The maximum absolute atomic E-state index is 12.1. The Morgan fingerprint density at radius 3 is 2.82 bits per heavy atom. The van der Waals surface area contributed by atoms with Crippen molar-refractivity contribution in [3.8, 4) is 5.75 Å². The number of amides is 1. The third-order valence-electron chi connectivity index (χ3n) is 3.74. The van der Waals surface area contributed by atoms with Crippen LogP contribution in [-0.2, 0) is 11.3 Å². The van der Waals surface area contributed by atoms with Crippen LogP contribution in [0.25, 0.3) is 10.9 Å². The molecule has 3 aromatic rings. The minimum absolute atomic E-state index is 0.0356. The zero-order valence-corrected chi connectivity index (χ0v) is 12.4. The van der Waals surface area contributed by atoms with Gasteiger partial charge in [0, 0.05) is 30.4 Å². The number of aromatic nitrogens is 1. The fourth-order valence-electron chi connectivity index (χ4n) is 2.56. The molecule has 0 fully saturated rings. The molecule has 0 saturated heterocycles. The molecule has 1 aromatic heterocycles. The standard InChI is InChI=1S/C18H18N2O2/c1-13-12-15(21)6-7-16(13)19-18(22)9-11-20-10-8-14-4-2-3-5-17(14)20/h2-8,10,12,21H,9,11H2,1H3,(H,19,22). The second kappa shape index (κ2) is 5.93. The number of carbonyl (C=O) groups is 1. The normalized spacial score (nSPS) is 10.8. The highest BCUT2D eigenvalue weighted by molar-refractivity contribution is 5.91. The predicted molar refractivity (Wildman–Crippen MR) is 88.0 cm³/mol. The van der Waals surface area contributed by atoms with E-state index in [1.54, 1.807) is 18.2 Å². The van der Waals surface area contributed by atoms with Crippen LogP contribution in [0.2, 0.25) is 0 Å². The Balaban J connectivity index is 1.65. The van der Waals surface area contributed by atoms with Gasteiger partial charge in [-0.2, -0.15) is 0 Å². The van der Waals surface area contributed by atoms with Crippen LogP contribution in [0.4, 0.5) is 5.69 Å². The van der Waals surface area contributed by atoms with Gasteiger partial charge in [-0.3, -0.25) is 4.79 Å². The van der Waals surface area contributed by atoms with Crippen molar-refractivity contribution in [2.45, 2.75) is 19.9 Å². The van der Waals surface area contributed by atoms with Gasteiger partial charge >= 0.3 is 0 Å². The average molecular weight is 294 g/mol. The number of hydrogen-bond donors (Lipinski definition) is 2. The zero-order chi connectivity index (χ0) is 15.5. The van der Waals surface area contributed by atoms with E-state index in [0.717, 1.165) is 16.8 Å². The molecule has 0 aliphatic carbocycles. The highest BCUT2D eigenvalue weighted by Gasteiger charge is 2.07. The smallest absolute Gasteiger partial charge is 0.226 e. The number of anilines is 1. The van der Waals surface area contributed by atoms with Gasteiger partial charge < -0.3 is 15.0 Å². The first-order valence-electron chi connectivity index (χ1n) is 7.27. The molecule has 3 rings (SSSR count). The molecule has 0 spiro atoms. The number of nitrogens with one attached hydrogen (secondary N) is 1. The molecule has 4 heteroatoms. The van der Waals surface area contributed by atoms with E-state index in [9.17, 15) is 9.90 Å². The van der Waals surface area contributed by atoms with E-state index in [1.807, 2.05) is 25.3 Å². The van der Waals surface area contributed by atoms with Gasteiger partial charge in [0.2, 0.25) is 5.91 Å². The summed E-state index contributed by atoms with van der Waals surface area (Å²) in [7, 11) is 0. The second-order valence-electron chi connectivity index (χ2n) is 5.37. The molecule has 2 aromatic carbocycles. The van der Waals surface area contributed by atoms with Gasteiger partial charge in [-0.05, 0) is 48.2 Å². The SMILES string of the molecule is Cc1cc(O)ccc1NC(=O)CCn1ccc2ccccc21. The Morgan fingerprint density at radius 2 is 2.00 bits per heavy atom. The maximum atomic E-state index is 12.1. The molecule has 0 aliphatic rings. The van der Waals surface area contributed by atoms with Gasteiger partial charge in [-0.1, -0.05) is 18.2 Å². The van der Waals surface area contributed by atoms with Gasteiger partial charge in [0.25, 0.3) is 0 Å². The van der Waals surface area contributed by atoms with E-state index in [0.29, 0.717) is 13.0 Å². The lowest BCUT2D eigenvalue weighted by molar-refractivity contribution is -0.116. The minimum atomic E-state index is -0.0356. The maximum Gasteiger partial charge on any atom is 0.226 e. The molecular weight excluding hydrogens is 276 g/mol. The van der Waals surface area contributed by atoms with Crippen LogP contribution in [0.5, 0.6) is 5.75 Å². The first kappa shape index (κ1) is 14.2. The number of aromatic hydroxyl groups is 1. The van der Waals surface area contributed by atoms with E-state index >= 15 is 0 Å². The van der Waals surface area contributed by atoms with Crippen LogP contribution >= 0.6 is 0 Å². The van der Waals surface area contributed by atoms with Crippen LogP contribution in [0.15, 0.2) is 54.7 Å². The van der Waals surface area contributed by atoms with Crippen molar-refractivity contribution in [1.82, 2.24) is 4.57 Å². The van der Waals surface area contributed by atoms with E-state index in [-0.39, 0.29) is 11.7 Å². The average Bonchev–Trinajstić information content (AvgIpc) is 2.91. The van der Waals surface area contributed by atoms with Crippen LogP contribution < -0.4 is 5.32 Å². The number of fused-ring (bicyclic) bond motifs is 1. The van der Waals surface area contributed by atoms with Crippen LogP contribution in [0.3, 0.4) is 0 Å². The lowest BCUT2D eigenvalue weighted by atomic mass is 10.2. The Bertz CT molecular complexity index is 821. The Morgan fingerprint density at radius 1 is 1.18 bits per heavy atom. The first-order valence-corrected chi connectivity index (χ1v) is 7.27. The molecule has 2 N–H and O–H groups in total. The number of hydrogen-bond acceptors (Lipinski definition) is 2. The molecule has 0 aliphatic heterocycles. The zero-order valence-electron chi connectivity index (χ0n) is 12.4. The minimum Gasteiger partial charge on any atom is -0.508 e. The second-order valence-corrected chi connectivity index (χ2v) is 5.37.